The molecule has 0 aromatic carbocycles. The third-order valence-corrected chi connectivity index (χ3v) is 8.32. The molecular weight excluding hydrogens is 354 g/mol. The van der Waals surface area contributed by atoms with Crippen LogP contribution < -0.4 is 0 Å². The molecule has 3 nitrogen and oxygen atoms in total. The first-order valence-corrected chi connectivity index (χ1v) is 9.18. The Balaban J connectivity index is 2.34. The van der Waals surface area contributed by atoms with Crippen molar-refractivity contribution in [2.24, 2.45) is 0 Å². The van der Waals surface area contributed by atoms with Crippen molar-refractivity contribution < 1.29 is 8.42 Å². The van der Waals surface area contributed by atoms with Crippen molar-refractivity contribution in [2.75, 3.05) is 7.05 Å². The van der Waals surface area contributed by atoms with Crippen LogP contribution in [0.15, 0.2) is 37.6 Å². The number of halogens is 1. The fourth-order valence-electron chi connectivity index (χ4n) is 1.51. The summed E-state index contributed by atoms with van der Waals surface area (Å²) in [5, 5.41) is 3.72. The van der Waals surface area contributed by atoms with Crippen molar-refractivity contribution >= 4 is 48.6 Å². The zero-order valence-electron chi connectivity index (χ0n) is 9.83. The Morgan fingerprint density at radius 2 is 2.00 bits per heavy atom. The molecule has 2 aromatic heterocycles. The molecule has 0 spiro atoms. The van der Waals surface area contributed by atoms with Crippen LogP contribution in [0.2, 0.25) is 0 Å². The minimum Gasteiger partial charge on any atom is -0.206 e. The van der Waals surface area contributed by atoms with E-state index < -0.39 is 10.0 Å². The molecule has 0 aliphatic rings. The summed E-state index contributed by atoms with van der Waals surface area (Å²) in [6.45, 7) is 1.89. The molecule has 2 aromatic rings. The summed E-state index contributed by atoms with van der Waals surface area (Å²) in [7, 11) is -1.82. The van der Waals surface area contributed by atoms with Crippen LogP contribution in [0.25, 0.3) is 0 Å². The van der Waals surface area contributed by atoms with Crippen molar-refractivity contribution in [1.29, 1.82) is 0 Å². The molecule has 0 saturated heterocycles. The second-order valence-electron chi connectivity index (χ2n) is 3.77. The molecule has 0 aliphatic heterocycles. The van der Waals surface area contributed by atoms with Gasteiger partial charge in [0.05, 0.1) is 6.04 Å². The first-order chi connectivity index (χ1) is 8.44. The number of sulfonamides is 1. The predicted octanol–water partition coefficient (Wildman–Crippen LogP) is 3.95. The maximum Gasteiger partial charge on any atom is 0.254 e. The van der Waals surface area contributed by atoms with Crippen molar-refractivity contribution in [3.8, 4) is 0 Å². The lowest BCUT2D eigenvalue weighted by molar-refractivity contribution is 0.404. The van der Waals surface area contributed by atoms with Crippen LogP contribution in [0.3, 0.4) is 0 Å². The molecule has 0 N–H and O–H groups in total. The monoisotopic (exact) mass is 365 g/mol. The minimum atomic E-state index is -3.44. The third-order valence-electron chi connectivity index (χ3n) is 2.70. The number of nitrogens with zero attached hydrogens (tertiary/aromatic N) is 1. The Morgan fingerprint density at radius 3 is 2.50 bits per heavy atom. The summed E-state index contributed by atoms with van der Waals surface area (Å²) in [5.74, 6) is 0. The summed E-state index contributed by atoms with van der Waals surface area (Å²) in [4.78, 5) is 1.04. The van der Waals surface area contributed by atoms with Crippen molar-refractivity contribution in [3.63, 3.8) is 0 Å². The second kappa shape index (κ2) is 5.42. The lowest BCUT2D eigenvalue weighted by Gasteiger charge is -2.22. The highest BCUT2D eigenvalue weighted by Crippen LogP contribution is 2.34. The average Bonchev–Trinajstić information content (AvgIpc) is 2.97. The number of thiophene rings is 2. The molecule has 0 bridgehead atoms. The molecule has 0 aliphatic carbocycles. The zero-order valence-corrected chi connectivity index (χ0v) is 13.9. The molecule has 1 atom stereocenters. The van der Waals surface area contributed by atoms with Crippen molar-refractivity contribution in [3.05, 3.63) is 38.3 Å². The van der Waals surface area contributed by atoms with Crippen molar-refractivity contribution in [2.45, 2.75) is 17.2 Å². The van der Waals surface area contributed by atoms with E-state index in [0.29, 0.717) is 8.68 Å². The molecule has 0 radical (unpaired) electrons. The third kappa shape index (κ3) is 2.55. The first kappa shape index (κ1) is 14.2. The fraction of sp³-hybridized carbons (Fsp3) is 0.273. The summed E-state index contributed by atoms with van der Waals surface area (Å²) in [6.07, 6.45) is 0. The topological polar surface area (TPSA) is 37.4 Å². The van der Waals surface area contributed by atoms with Gasteiger partial charge in [0.1, 0.15) is 4.21 Å². The van der Waals surface area contributed by atoms with Crippen LogP contribution in [0, 0.1) is 0 Å². The molecule has 0 fully saturated rings. The van der Waals surface area contributed by atoms with E-state index in [-0.39, 0.29) is 6.04 Å². The summed E-state index contributed by atoms with van der Waals surface area (Å²) in [5.41, 5.74) is 0. The highest BCUT2D eigenvalue weighted by Gasteiger charge is 2.29. The van der Waals surface area contributed by atoms with E-state index in [0.717, 1.165) is 4.88 Å². The van der Waals surface area contributed by atoms with E-state index in [1.54, 1.807) is 29.8 Å². The zero-order chi connectivity index (χ0) is 13.3. The molecule has 2 rings (SSSR count). The Morgan fingerprint density at radius 1 is 1.28 bits per heavy atom. The molecule has 18 heavy (non-hydrogen) atoms. The molecule has 1 unspecified atom stereocenters. The van der Waals surface area contributed by atoms with Gasteiger partial charge in [-0.1, -0.05) is 6.07 Å². The van der Waals surface area contributed by atoms with E-state index >= 15 is 0 Å². The quantitative estimate of drug-likeness (QED) is 0.822. The van der Waals surface area contributed by atoms with Crippen LogP contribution in [-0.2, 0) is 10.0 Å². The van der Waals surface area contributed by atoms with E-state index in [2.05, 4.69) is 15.9 Å². The average molecular weight is 366 g/mol. The lowest BCUT2D eigenvalue weighted by Crippen LogP contribution is -2.29. The molecule has 0 amide bonds. The predicted molar refractivity (Wildman–Crippen MR) is 79.7 cm³/mol. The lowest BCUT2D eigenvalue weighted by atomic mass is 10.3. The molecular formula is C11H12BrNO2S3. The van der Waals surface area contributed by atoms with E-state index in [4.69, 9.17) is 0 Å². The Bertz CT molecular complexity index is 619. The first-order valence-electron chi connectivity index (χ1n) is 5.19. The van der Waals surface area contributed by atoms with Crippen LogP contribution in [0.5, 0.6) is 0 Å². The molecule has 98 valence electrons. The van der Waals surface area contributed by atoms with Gasteiger partial charge in [-0.05, 0) is 45.7 Å². The smallest absolute Gasteiger partial charge is 0.206 e. The van der Waals surface area contributed by atoms with Crippen LogP contribution in [0.1, 0.15) is 17.8 Å². The molecule has 2 heterocycles. The van der Waals surface area contributed by atoms with Gasteiger partial charge in [0.15, 0.2) is 0 Å². The van der Waals surface area contributed by atoms with Crippen LogP contribution >= 0.6 is 38.6 Å². The standard InChI is InChI=1S/C11H12BrNO2S3/c1-8(10-4-3-6-16-10)13(2)18(14,15)11-9(12)5-7-17-11/h3-8H,1-2H3. The highest BCUT2D eigenvalue weighted by molar-refractivity contribution is 9.10. The van der Waals surface area contributed by atoms with Gasteiger partial charge in [0, 0.05) is 16.4 Å². The van der Waals surface area contributed by atoms with Gasteiger partial charge in [0.25, 0.3) is 10.0 Å². The van der Waals surface area contributed by atoms with E-state index in [1.807, 2.05) is 24.4 Å². The van der Waals surface area contributed by atoms with Gasteiger partial charge in [-0.25, -0.2) is 8.42 Å². The Hall–Kier alpha value is -0.210. The Kier molecular flexibility index (Phi) is 4.28. The normalized spacial score (nSPS) is 14.0. The van der Waals surface area contributed by atoms with Gasteiger partial charge < -0.3 is 0 Å². The maximum absolute atomic E-state index is 12.5. The van der Waals surface area contributed by atoms with E-state index in [1.165, 1.54) is 15.6 Å². The van der Waals surface area contributed by atoms with Gasteiger partial charge in [-0.15, -0.1) is 22.7 Å². The largest absolute Gasteiger partial charge is 0.254 e. The van der Waals surface area contributed by atoms with Gasteiger partial charge in [-0.3, -0.25) is 0 Å². The SMILES string of the molecule is CC(c1cccs1)N(C)S(=O)(=O)c1sccc1Br. The minimum absolute atomic E-state index is 0.163. The number of hydrogen-bond acceptors (Lipinski definition) is 4. The number of hydrogen-bond donors (Lipinski definition) is 0. The second-order valence-corrected chi connectivity index (χ2v) is 8.71. The molecule has 0 saturated carbocycles. The highest BCUT2D eigenvalue weighted by atomic mass is 79.9. The summed E-state index contributed by atoms with van der Waals surface area (Å²) < 4.78 is 27.3. The van der Waals surface area contributed by atoms with Gasteiger partial charge in [0.2, 0.25) is 0 Å². The van der Waals surface area contributed by atoms with Gasteiger partial charge >= 0.3 is 0 Å². The van der Waals surface area contributed by atoms with E-state index in [9.17, 15) is 8.42 Å². The van der Waals surface area contributed by atoms with Crippen LogP contribution in [-0.4, -0.2) is 19.8 Å². The molecule has 7 heteroatoms. The Labute approximate surface area is 123 Å². The number of rotatable bonds is 4. The van der Waals surface area contributed by atoms with Gasteiger partial charge in [-0.2, -0.15) is 4.31 Å². The maximum atomic E-state index is 12.5. The summed E-state index contributed by atoms with van der Waals surface area (Å²) >= 11 is 6.06. The van der Waals surface area contributed by atoms with Crippen molar-refractivity contribution in [1.82, 2.24) is 4.31 Å². The summed E-state index contributed by atoms with van der Waals surface area (Å²) in [6, 6.07) is 5.47. The van der Waals surface area contributed by atoms with Crippen LogP contribution in [0.4, 0.5) is 0 Å². The fourth-order valence-corrected chi connectivity index (χ4v) is 6.23.